The summed E-state index contributed by atoms with van der Waals surface area (Å²) in [6, 6.07) is 7.59. The van der Waals surface area contributed by atoms with Crippen molar-refractivity contribution in [2.75, 3.05) is 36.5 Å². The third-order valence-corrected chi connectivity index (χ3v) is 4.53. The number of anilines is 2. The maximum absolute atomic E-state index is 13.2. The van der Waals surface area contributed by atoms with E-state index in [0.717, 1.165) is 12.1 Å². The van der Waals surface area contributed by atoms with Crippen molar-refractivity contribution in [2.45, 2.75) is 13.0 Å². The van der Waals surface area contributed by atoms with Gasteiger partial charge in [0.25, 0.3) is 11.6 Å². The Hall–Kier alpha value is -3.60. The largest absolute Gasteiger partial charge is 0.383 e. The Balaban J connectivity index is 1.62. The topological polar surface area (TPSA) is 106 Å². The number of benzene rings is 2. The number of rotatable bonds is 7. The fraction of sp³-hybridized carbons (Fsp3) is 0.300. The van der Waals surface area contributed by atoms with E-state index in [1.165, 1.54) is 25.3 Å². The van der Waals surface area contributed by atoms with Crippen LogP contribution in [0.5, 0.6) is 0 Å². The zero-order valence-electron chi connectivity index (χ0n) is 16.6. The monoisotopic (exact) mass is 434 g/mol. The van der Waals surface area contributed by atoms with Gasteiger partial charge in [0.15, 0.2) is 11.6 Å². The highest BCUT2D eigenvalue weighted by Crippen LogP contribution is 2.29. The number of nitro groups is 1. The molecule has 1 atom stereocenters. The molecular formula is C20H20F2N4O5. The number of hydrogen-bond acceptors (Lipinski definition) is 7. The minimum Gasteiger partial charge on any atom is -0.383 e. The molecule has 1 heterocycles. The highest BCUT2D eigenvalue weighted by molar-refractivity contribution is 5.94. The van der Waals surface area contributed by atoms with Gasteiger partial charge in [-0.15, -0.1) is 0 Å². The van der Waals surface area contributed by atoms with Gasteiger partial charge in [-0.2, -0.15) is 0 Å². The molecular weight excluding hydrogens is 414 g/mol. The van der Waals surface area contributed by atoms with Crippen LogP contribution in [0.25, 0.3) is 0 Å². The van der Waals surface area contributed by atoms with Crippen LogP contribution in [0.1, 0.15) is 12.5 Å². The minimum absolute atomic E-state index is 0.0673. The molecule has 1 amide bonds. The lowest BCUT2D eigenvalue weighted by Crippen LogP contribution is -2.36. The number of oxime groups is 1. The molecule has 2 aromatic rings. The minimum atomic E-state index is -1.09. The van der Waals surface area contributed by atoms with Gasteiger partial charge in [0.05, 0.1) is 24.4 Å². The van der Waals surface area contributed by atoms with E-state index < -0.39 is 28.6 Å². The van der Waals surface area contributed by atoms with Crippen molar-refractivity contribution in [2.24, 2.45) is 5.16 Å². The second-order valence-corrected chi connectivity index (χ2v) is 6.70. The number of hydrogen-bond donors (Lipinski definition) is 1. The fourth-order valence-corrected chi connectivity index (χ4v) is 2.89. The van der Waals surface area contributed by atoms with E-state index in [4.69, 9.17) is 9.57 Å². The van der Waals surface area contributed by atoms with Crippen LogP contribution in [0.3, 0.4) is 0 Å². The Morgan fingerprint density at radius 3 is 2.68 bits per heavy atom. The molecule has 0 saturated carbocycles. The number of ether oxygens (including phenoxy) is 1. The summed E-state index contributed by atoms with van der Waals surface area (Å²) in [5.41, 5.74) is 0.898. The molecule has 1 unspecified atom stereocenters. The van der Waals surface area contributed by atoms with Gasteiger partial charge in [0, 0.05) is 36.5 Å². The maximum Gasteiger partial charge on any atom is 0.293 e. The summed E-state index contributed by atoms with van der Waals surface area (Å²) in [5, 5.41) is 17.6. The number of morpholine rings is 1. The van der Waals surface area contributed by atoms with E-state index in [0.29, 0.717) is 37.6 Å². The van der Waals surface area contributed by atoms with Crippen LogP contribution in [-0.4, -0.2) is 49.5 Å². The lowest BCUT2D eigenvalue weighted by molar-refractivity contribution is -0.384. The van der Waals surface area contributed by atoms with Crippen LogP contribution < -0.4 is 10.2 Å². The molecule has 1 fully saturated rings. The first-order valence-corrected chi connectivity index (χ1v) is 9.41. The molecule has 1 N–H and O–H groups in total. The van der Waals surface area contributed by atoms with Crippen LogP contribution >= 0.6 is 0 Å². The normalized spacial score (nSPS) is 15.0. The van der Waals surface area contributed by atoms with Crippen molar-refractivity contribution in [1.82, 2.24) is 0 Å². The lowest BCUT2D eigenvalue weighted by Gasteiger charge is -2.28. The third-order valence-electron chi connectivity index (χ3n) is 4.53. The summed E-state index contributed by atoms with van der Waals surface area (Å²) in [6.45, 7) is 3.53. The second kappa shape index (κ2) is 9.94. The van der Waals surface area contributed by atoms with Gasteiger partial charge in [-0.05, 0) is 25.1 Å². The van der Waals surface area contributed by atoms with Crippen molar-refractivity contribution in [1.29, 1.82) is 0 Å². The summed E-state index contributed by atoms with van der Waals surface area (Å²) in [6.07, 6.45) is 0.198. The van der Waals surface area contributed by atoms with Crippen molar-refractivity contribution >= 4 is 29.2 Å². The van der Waals surface area contributed by atoms with E-state index in [-0.39, 0.29) is 11.4 Å². The van der Waals surface area contributed by atoms with Crippen molar-refractivity contribution in [3.8, 4) is 0 Å². The fourth-order valence-electron chi connectivity index (χ4n) is 2.89. The van der Waals surface area contributed by atoms with Crippen molar-refractivity contribution in [3.63, 3.8) is 0 Å². The molecule has 0 spiro atoms. The van der Waals surface area contributed by atoms with Gasteiger partial charge in [-0.1, -0.05) is 11.2 Å². The predicted molar refractivity (Wildman–Crippen MR) is 109 cm³/mol. The number of amides is 1. The van der Waals surface area contributed by atoms with Gasteiger partial charge in [0.1, 0.15) is 5.69 Å². The molecule has 31 heavy (non-hydrogen) atoms. The first-order chi connectivity index (χ1) is 14.8. The number of nitrogens with zero attached hydrogens (tertiary/aromatic N) is 3. The molecule has 11 heteroatoms. The molecule has 0 aromatic heterocycles. The molecule has 0 bridgehead atoms. The van der Waals surface area contributed by atoms with Gasteiger partial charge < -0.3 is 19.8 Å². The summed E-state index contributed by atoms with van der Waals surface area (Å²) < 4.78 is 31.4. The molecule has 9 nitrogen and oxygen atoms in total. The molecule has 1 aliphatic heterocycles. The molecule has 2 aromatic carbocycles. The Labute approximate surface area is 176 Å². The van der Waals surface area contributed by atoms with E-state index >= 15 is 0 Å². The second-order valence-electron chi connectivity index (χ2n) is 6.70. The maximum atomic E-state index is 13.2. The summed E-state index contributed by atoms with van der Waals surface area (Å²) in [4.78, 5) is 30.0. The van der Waals surface area contributed by atoms with Crippen LogP contribution in [0.2, 0.25) is 0 Å². The van der Waals surface area contributed by atoms with Crippen molar-refractivity contribution in [3.05, 3.63) is 63.7 Å². The Morgan fingerprint density at radius 1 is 1.26 bits per heavy atom. The van der Waals surface area contributed by atoms with E-state index in [1.807, 2.05) is 4.90 Å². The Morgan fingerprint density at radius 2 is 2.00 bits per heavy atom. The smallest absolute Gasteiger partial charge is 0.293 e. The third kappa shape index (κ3) is 5.72. The Kier molecular flexibility index (Phi) is 7.08. The standard InChI is InChI=1S/C20H20F2N4O5/c1-13(20(27)24-15-3-4-16(21)17(22)11-15)31-23-12-14-2-5-18(19(10-14)26(28)29)25-6-8-30-9-7-25/h2-5,10-13H,6-9H2,1H3,(H,24,27). The average molecular weight is 434 g/mol. The number of carbonyl (C=O) groups is 1. The zero-order chi connectivity index (χ0) is 22.4. The van der Waals surface area contributed by atoms with Gasteiger partial charge in [-0.3, -0.25) is 14.9 Å². The predicted octanol–water partition coefficient (Wildman–Crippen LogP) is 3.09. The summed E-state index contributed by atoms with van der Waals surface area (Å²) in [7, 11) is 0. The average Bonchev–Trinajstić information content (AvgIpc) is 2.76. The van der Waals surface area contributed by atoms with E-state index in [1.54, 1.807) is 12.1 Å². The van der Waals surface area contributed by atoms with Gasteiger partial charge >= 0.3 is 0 Å². The quantitative estimate of drug-likeness (QED) is 0.408. The van der Waals surface area contributed by atoms with Crippen LogP contribution in [0, 0.1) is 21.7 Å². The first kappa shape index (κ1) is 22.1. The van der Waals surface area contributed by atoms with Crippen LogP contribution in [-0.2, 0) is 14.4 Å². The lowest BCUT2D eigenvalue weighted by atomic mass is 10.1. The zero-order valence-corrected chi connectivity index (χ0v) is 16.6. The number of nitro benzene ring substituents is 1. The van der Waals surface area contributed by atoms with E-state index in [2.05, 4.69) is 10.5 Å². The van der Waals surface area contributed by atoms with Crippen LogP contribution in [0.4, 0.5) is 25.8 Å². The first-order valence-electron chi connectivity index (χ1n) is 9.41. The summed E-state index contributed by atoms with van der Waals surface area (Å²) >= 11 is 0. The molecule has 3 rings (SSSR count). The SMILES string of the molecule is CC(ON=Cc1ccc(N2CCOCC2)c([N+](=O)[O-])c1)C(=O)Nc1ccc(F)c(F)c1. The van der Waals surface area contributed by atoms with Gasteiger partial charge in [-0.25, -0.2) is 8.78 Å². The number of carbonyl (C=O) groups excluding carboxylic acids is 1. The molecule has 0 radical (unpaired) electrons. The Bertz CT molecular complexity index is 996. The highest BCUT2D eigenvalue weighted by Gasteiger charge is 2.22. The molecule has 1 aliphatic rings. The van der Waals surface area contributed by atoms with Gasteiger partial charge in [0.2, 0.25) is 6.10 Å². The van der Waals surface area contributed by atoms with Crippen LogP contribution in [0.15, 0.2) is 41.6 Å². The molecule has 0 aliphatic carbocycles. The highest BCUT2D eigenvalue weighted by atomic mass is 19.2. The van der Waals surface area contributed by atoms with Crippen molar-refractivity contribution < 1.29 is 28.1 Å². The molecule has 1 saturated heterocycles. The number of halogens is 2. The number of nitrogens with one attached hydrogen (secondary N) is 1. The molecule has 164 valence electrons. The summed E-state index contributed by atoms with van der Waals surface area (Å²) in [5.74, 6) is -2.75. The van der Waals surface area contributed by atoms with E-state index in [9.17, 15) is 23.7 Å².